The molecule has 1 heterocycles. The number of hydrogen-bond donors (Lipinski definition) is 1. The normalized spacial score (nSPS) is 12.9. The van der Waals surface area contributed by atoms with Gasteiger partial charge in [0.15, 0.2) is 0 Å². The zero-order chi connectivity index (χ0) is 12.3. The average molecular weight is 230 g/mol. The largest absolute Gasteiger partial charge is 0.321 e. The highest BCUT2D eigenvalue weighted by Gasteiger charge is 2.15. The van der Waals surface area contributed by atoms with Gasteiger partial charge in [-0.25, -0.2) is 0 Å². The Hall–Kier alpha value is -1.68. The number of benzene rings is 1. The van der Waals surface area contributed by atoms with Gasteiger partial charge in [0.1, 0.15) is 12.2 Å². The van der Waals surface area contributed by atoms with Crippen molar-refractivity contribution in [1.29, 1.82) is 0 Å². The van der Waals surface area contributed by atoms with Crippen molar-refractivity contribution >= 4 is 0 Å². The maximum Gasteiger partial charge on any atom is 0.150 e. The van der Waals surface area contributed by atoms with Gasteiger partial charge in [0.25, 0.3) is 0 Å². The van der Waals surface area contributed by atoms with E-state index in [1.807, 2.05) is 22.8 Å². The molecule has 2 aromatic rings. The molecule has 0 saturated carbocycles. The summed E-state index contributed by atoms with van der Waals surface area (Å²) in [7, 11) is 0. The van der Waals surface area contributed by atoms with Gasteiger partial charge in [0.2, 0.25) is 0 Å². The van der Waals surface area contributed by atoms with E-state index >= 15 is 0 Å². The molecule has 1 aromatic heterocycles. The second kappa shape index (κ2) is 5.10. The lowest BCUT2D eigenvalue weighted by atomic mass is 10.1. The van der Waals surface area contributed by atoms with Crippen molar-refractivity contribution in [3.05, 3.63) is 48.0 Å². The number of hydrogen-bond acceptors (Lipinski definition) is 3. The third-order valence-electron chi connectivity index (χ3n) is 2.79. The summed E-state index contributed by atoms with van der Waals surface area (Å²) in [6.45, 7) is 4.20. The molecule has 0 aliphatic rings. The van der Waals surface area contributed by atoms with Gasteiger partial charge in [0, 0.05) is 6.04 Å². The van der Waals surface area contributed by atoms with Crippen LogP contribution in [0.1, 0.15) is 37.3 Å². The van der Waals surface area contributed by atoms with Crippen LogP contribution in [0.4, 0.5) is 0 Å². The minimum absolute atomic E-state index is 0.109. The molecule has 17 heavy (non-hydrogen) atoms. The number of nitrogens with two attached hydrogens (primary N) is 1. The van der Waals surface area contributed by atoms with Crippen LogP contribution in [-0.4, -0.2) is 14.8 Å². The van der Waals surface area contributed by atoms with Crippen LogP contribution in [0.5, 0.6) is 0 Å². The first-order chi connectivity index (χ1) is 8.18. The molecule has 1 aromatic carbocycles. The van der Waals surface area contributed by atoms with Gasteiger partial charge in [0.05, 0.1) is 6.04 Å². The van der Waals surface area contributed by atoms with Gasteiger partial charge in [-0.05, 0) is 25.8 Å². The zero-order valence-corrected chi connectivity index (χ0v) is 10.2. The van der Waals surface area contributed by atoms with Crippen molar-refractivity contribution in [2.75, 3.05) is 0 Å². The van der Waals surface area contributed by atoms with Crippen molar-refractivity contribution in [2.45, 2.75) is 32.4 Å². The summed E-state index contributed by atoms with van der Waals surface area (Å²) in [5.74, 6) is 0.851. The molecule has 2 N–H and O–H groups in total. The molecule has 0 aliphatic heterocycles. The highest BCUT2D eigenvalue weighted by Crippen LogP contribution is 2.16. The Bertz CT molecular complexity index is 461. The molecule has 0 fully saturated rings. The smallest absolute Gasteiger partial charge is 0.150 e. The lowest BCUT2D eigenvalue weighted by Crippen LogP contribution is -2.19. The summed E-state index contributed by atoms with van der Waals surface area (Å²) in [6.07, 6.45) is 2.52. The second-order valence-electron chi connectivity index (χ2n) is 4.49. The van der Waals surface area contributed by atoms with Crippen LogP contribution in [0.2, 0.25) is 0 Å². The number of aromatic nitrogens is 3. The van der Waals surface area contributed by atoms with E-state index in [1.165, 1.54) is 5.56 Å². The van der Waals surface area contributed by atoms with E-state index in [-0.39, 0.29) is 6.04 Å². The van der Waals surface area contributed by atoms with Crippen molar-refractivity contribution in [2.24, 2.45) is 5.73 Å². The van der Waals surface area contributed by atoms with Gasteiger partial charge >= 0.3 is 0 Å². The lowest BCUT2D eigenvalue weighted by Gasteiger charge is -2.15. The van der Waals surface area contributed by atoms with Crippen LogP contribution in [0.25, 0.3) is 0 Å². The third-order valence-corrected chi connectivity index (χ3v) is 2.79. The third kappa shape index (κ3) is 2.71. The molecule has 90 valence electrons. The Balaban J connectivity index is 2.15. The summed E-state index contributed by atoms with van der Waals surface area (Å²) in [6, 6.07) is 10.4. The van der Waals surface area contributed by atoms with Crippen LogP contribution in [-0.2, 0) is 6.42 Å². The Labute approximate surface area is 101 Å². The molecular formula is C13H18N4. The van der Waals surface area contributed by atoms with Crippen molar-refractivity contribution in [3.8, 4) is 0 Å². The highest BCUT2D eigenvalue weighted by atomic mass is 15.3. The summed E-state index contributed by atoms with van der Waals surface area (Å²) in [5.41, 5.74) is 7.41. The zero-order valence-electron chi connectivity index (χ0n) is 10.2. The Morgan fingerprint density at radius 1 is 1.24 bits per heavy atom. The molecule has 0 amide bonds. The molecule has 0 spiro atoms. The molecule has 1 unspecified atom stereocenters. The van der Waals surface area contributed by atoms with Gasteiger partial charge in [-0.2, -0.15) is 0 Å². The monoisotopic (exact) mass is 230 g/mol. The molecule has 0 aliphatic carbocycles. The fourth-order valence-electron chi connectivity index (χ4n) is 1.87. The number of nitrogens with zero attached hydrogens (tertiary/aromatic N) is 3. The van der Waals surface area contributed by atoms with E-state index < -0.39 is 0 Å². The molecule has 2 rings (SSSR count). The van der Waals surface area contributed by atoms with E-state index in [1.54, 1.807) is 6.33 Å². The van der Waals surface area contributed by atoms with E-state index in [9.17, 15) is 0 Å². The molecule has 4 nitrogen and oxygen atoms in total. The summed E-state index contributed by atoms with van der Waals surface area (Å²) >= 11 is 0. The molecule has 1 atom stereocenters. The summed E-state index contributed by atoms with van der Waals surface area (Å²) < 4.78 is 2.02. The Kier molecular flexibility index (Phi) is 3.54. The van der Waals surface area contributed by atoms with Crippen LogP contribution >= 0.6 is 0 Å². The van der Waals surface area contributed by atoms with Crippen molar-refractivity contribution in [3.63, 3.8) is 0 Å². The maximum atomic E-state index is 6.19. The van der Waals surface area contributed by atoms with Gasteiger partial charge in [-0.15, -0.1) is 10.2 Å². The topological polar surface area (TPSA) is 56.7 Å². The van der Waals surface area contributed by atoms with Gasteiger partial charge in [-0.1, -0.05) is 30.3 Å². The minimum Gasteiger partial charge on any atom is -0.321 e. The highest BCUT2D eigenvalue weighted by molar-refractivity contribution is 5.17. The van der Waals surface area contributed by atoms with Crippen molar-refractivity contribution < 1.29 is 0 Å². The first-order valence-corrected chi connectivity index (χ1v) is 5.87. The summed E-state index contributed by atoms with van der Waals surface area (Å²) in [5, 5.41) is 8.06. The number of rotatable bonds is 4. The SMILES string of the molecule is CC(C)n1cnnc1C(N)Cc1ccccc1. The molecule has 0 bridgehead atoms. The van der Waals surface area contributed by atoms with Crippen LogP contribution in [0.3, 0.4) is 0 Å². The minimum atomic E-state index is -0.109. The standard InChI is InChI=1S/C13H18N4/c1-10(2)17-9-15-16-13(17)12(14)8-11-6-4-3-5-7-11/h3-7,9-10,12H,8,14H2,1-2H3. The van der Waals surface area contributed by atoms with E-state index in [2.05, 4.69) is 36.2 Å². The Morgan fingerprint density at radius 3 is 2.59 bits per heavy atom. The van der Waals surface area contributed by atoms with Crippen LogP contribution in [0, 0.1) is 0 Å². The van der Waals surface area contributed by atoms with Gasteiger partial charge in [-0.3, -0.25) is 0 Å². The van der Waals surface area contributed by atoms with Crippen molar-refractivity contribution in [1.82, 2.24) is 14.8 Å². The van der Waals surface area contributed by atoms with E-state index in [0.29, 0.717) is 6.04 Å². The van der Waals surface area contributed by atoms with E-state index in [0.717, 1.165) is 12.2 Å². The van der Waals surface area contributed by atoms with Crippen LogP contribution < -0.4 is 5.73 Å². The van der Waals surface area contributed by atoms with E-state index in [4.69, 9.17) is 5.73 Å². The Morgan fingerprint density at radius 2 is 1.94 bits per heavy atom. The first kappa shape index (κ1) is 11.8. The first-order valence-electron chi connectivity index (χ1n) is 5.87. The quantitative estimate of drug-likeness (QED) is 0.875. The fraction of sp³-hybridized carbons (Fsp3) is 0.385. The predicted molar refractivity (Wildman–Crippen MR) is 67.5 cm³/mol. The lowest BCUT2D eigenvalue weighted by molar-refractivity contribution is 0.528. The fourth-order valence-corrected chi connectivity index (χ4v) is 1.87. The van der Waals surface area contributed by atoms with Crippen LogP contribution in [0.15, 0.2) is 36.7 Å². The summed E-state index contributed by atoms with van der Waals surface area (Å²) in [4.78, 5) is 0. The molecule has 0 saturated heterocycles. The maximum absolute atomic E-state index is 6.19. The average Bonchev–Trinajstić information content (AvgIpc) is 2.79. The molecule has 4 heteroatoms. The second-order valence-corrected chi connectivity index (χ2v) is 4.49. The molecular weight excluding hydrogens is 212 g/mol. The molecule has 0 radical (unpaired) electrons. The van der Waals surface area contributed by atoms with Gasteiger partial charge < -0.3 is 10.3 Å². The predicted octanol–water partition coefficient (Wildman–Crippen LogP) is 2.10.